The molecule has 1 unspecified atom stereocenters. The van der Waals surface area contributed by atoms with Gasteiger partial charge in [-0.05, 0) is 19.8 Å². The zero-order chi connectivity index (χ0) is 15.1. The number of carboxylic acid groups (broad SMARTS) is 1. The Bertz CT molecular complexity index is 522. The van der Waals surface area contributed by atoms with Crippen molar-refractivity contribution in [3.05, 3.63) is 20.7 Å². The number of nitrogens with zero attached hydrogens (tertiary/aromatic N) is 1. The Kier molecular flexibility index (Phi) is 6.40. The van der Waals surface area contributed by atoms with Crippen molar-refractivity contribution in [2.45, 2.75) is 32.4 Å². The SMILES string of the molecule is COCCCC(NC(=O)Cn1c(C)csc1=O)C(=O)O. The number of hydrogen-bond donors (Lipinski definition) is 2. The van der Waals surface area contributed by atoms with Crippen molar-refractivity contribution in [3.63, 3.8) is 0 Å². The molecule has 0 aliphatic heterocycles. The van der Waals surface area contributed by atoms with Gasteiger partial charge in [0.2, 0.25) is 5.91 Å². The molecule has 0 radical (unpaired) electrons. The number of rotatable bonds is 8. The molecule has 0 spiro atoms. The first kappa shape index (κ1) is 16.4. The molecule has 0 aliphatic carbocycles. The number of aryl methyl sites for hydroxylation is 1. The third kappa shape index (κ3) is 4.78. The lowest BCUT2D eigenvalue weighted by molar-refractivity contribution is -0.142. The number of methoxy groups -OCH3 is 1. The zero-order valence-corrected chi connectivity index (χ0v) is 12.2. The van der Waals surface area contributed by atoms with E-state index in [1.54, 1.807) is 12.3 Å². The van der Waals surface area contributed by atoms with Crippen LogP contribution in [0.5, 0.6) is 0 Å². The molecule has 0 aliphatic rings. The summed E-state index contributed by atoms with van der Waals surface area (Å²) < 4.78 is 6.16. The maximum atomic E-state index is 11.8. The molecule has 1 atom stereocenters. The summed E-state index contributed by atoms with van der Waals surface area (Å²) in [5.41, 5.74) is 0.682. The van der Waals surface area contributed by atoms with Crippen molar-refractivity contribution in [1.29, 1.82) is 0 Å². The highest BCUT2D eigenvalue weighted by Crippen LogP contribution is 2.01. The summed E-state index contributed by atoms with van der Waals surface area (Å²) in [4.78, 5) is 34.1. The Morgan fingerprint density at radius 2 is 2.25 bits per heavy atom. The molecule has 1 amide bonds. The molecule has 8 heteroatoms. The lowest BCUT2D eigenvalue weighted by Crippen LogP contribution is -2.43. The lowest BCUT2D eigenvalue weighted by atomic mass is 10.1. The van der Waals surface area contributed by atoms with Crippen LogP contribution in [0, 0.1) is 6.92 Å². The van der Waals surface area contributed by atoms with E-state index in [1.165, 1.54) is 11.7 Å². The van der Waals surface area contributed by atoms with Crippen LogP contribution in [0.15, 0.2) is 10.2 Å². The van der Waals surface area contributed by atoms with Crippen LogP contribution < -0.4 is 10.2 Å². The maximum Gasteiger partial charge on any atom is 0.326 e. The van der Waals surface area contributed by atoms with Crippen molar-refractivity contribution in [3.8, 4) is 0 Å². The number of carbonyl (C=O) groups is 2. The predicted molar refractivity (Wildman–Crippen MR) is 74.0 cm³/mol. The number of carboxylic acids is 1. The molecule has 0 aromatic carbocycles. The number of thiazole rings is 1. The van der Waals surface area contributed by atoms with Gasteiger partial charge in [0, 0.05) is 24.8 Å². The Balaban J connectivity index is 2.58. The van der Waals surface area contributed by atoms with E-state index in [-0.39, 0.29) is 17.8 Å². The summed E-state index contributed by atoms with van der Waals surface area (Å²) in [7, 11) is 1.53. The van der Waals surface area contributed by atoms with Crippen LogP contribution in [0.2, 0.25) is 0 Å². The molecule has 0 bridgehead atoms. The summed E-state index contributed by atoms with van der Waals surface area (Å²) in [5, 5.41) is 13.1. The van der Waals surface area contributed by atoms with Crippen molar-refractivity contribution in [2.24, 2.45) is 0 Å². The summed E-state index contributed by atoms with van der Waals surface area (Å²) in [6.45, 7) is 1.99. The molecule has 1 aromatic heterocycles. The van der Waals surface area contributed by atoms with Crippen LogP contribution in [0.3, 0.4) is 0 Å². The van der Waals surface area contributed by atoms with E-state index in [0.29, 0.717) is 18.7 Å². The van der Waals surface area contributed by atoms with Gasteiger partial charge in [-0.25, -0.2) is 4.79 Å². The molecule has 1 heterocycles. The number of aromatic nitrogens is 1. The molecule has 1 rings (SSSR count). The fourth-order valence-corrected chi connectivity index (χ4v) is 2.40. The van der Waals surface area contributed by atoms with Crippen LogP contribution in [-0.4, -0.2) is 41.3 Å². The third-order valence-corrected chi connectivity index (χ3v) is 3.63. The maximum absolute atomic E-state index is 11.8. The Morgan fingerprint density at radius 3 is 2.75 bits per heavy atom. The van der Waals surface area contributed by atoms with Crippen molar-refractivity contribution >= 4 is 23.2 Å². The molecule has 112 valence electrons. The Morgan fingerprint density at radius 1 is 1.55 bits per heavy atom. The van der Waals surface area contributed by atoms with Gasteiger partial charge in [0.15, 0.2) is 0 Å². The zero-order valence-electron chi connectivity index (χ0n) is 11.4. The minimum Gasteiger partial charge on any atom is -0.480 e. The second kappa shape index (κ2) is 7.81. The van der Waals surface area contributed by atoms with E-state index in [9.17, 15) is 14.4 Å². The van der Waals surface area contributed by atoms with Gasteiger partial charge in [-0.3, -0.25) is 14.2 Å². The van der Waals surface area contributed by atoms with Crippen molar-refractivity contribution < 1.29 is 19.4 Å². The summed E-state index contributed by atoms with van der Waals surface area (Å²) >= 11 is 1.01. The van der Waals surface area contributed by atoms with Crippen LogP contribution in [0.4, 0.5) is 0 Å². The van der Waals surface area contributed by atoms with Crippen LogP contribution in [0.25, 0.3) is 0 Å². The van der Waals surface area contributed by atoms with E-state index in [2.05, 4.69) is 5.32 Å². The summed E-state index contributed by atoms with van der Waals surface area (Å²) in [6.07, 6.45) is 0.817. The fourth-order valence-electron chi connectivity index (χ4n) is 1.67. The van der Waals surface area contributed by atoms with E-state index in [0.717, 1.165) is 11.3 Å². The van der Waals surface area contributed by atoms with Crippen molar-refractivity contribution in [2.75, 3.05) is 13.7 Å². The molecule has 2 N–H and O–H groups in total. The van der Waals surface area contributed by atoms with E-state index < -0.39 is 17.9 Å². The molecular formula is C12H18N2O5S. The smallest absolute Gasteiger partial charge is 0.326 e. The first-order valence-corrected chi connectivity index (χ1v) is 6.99. The standard InChI is InChI=1S/C12H18N2O5S/c1-8-7-20-12(18)14(8)6-10(15)13-9(11(16)17)4-3-5-19-2/h7,9H,3-6H2,1-2H3,(H,13,15)(H,16,17). The number of amides is 1. The molecule has 20 heavy (non-hydrogen) atoms. The van der Waals surface area contributed by atoms with Crippen molar-refractivity contribution in [1.82, 2.24) is 9.88 Å². The molecule has 0 saturated heterocycles. The lowest BCUT2D eigenvalue weighted by Gasteiger charge is -2.14. The molecule has 0 fully saturated rings. The van der Waals surface area contributed by atoms with Gasteiger partial charge < -0.3 is 15.2 Å². The van der Waals surface area contributed by atoms with Gasteiger partial charge in [-0.15, -0.1) is 0 Å². The molecule has 0 saturated carbocycles. The number of aliphatic carboxylic acids is 1. The average molecular weight is 302 g/mol. The predicted octanol–water partition coefficient (Wildman–Crippen LogP) is 0.214. The van der Waals surface area contributed by atoms with Gasteiger partial charge in [0.1, 0.15) is 12.6 Å². The van der Waals surface area contributed by atoms with Crippen LogP contribution >= 0.6 is 11.3 Å². The number of hydrogen-bond acceptors (Lipinski definition) is 5. The minimum absolute atomic E-state index is 0.164. The molecular weight excluding hydrogens is 284 g/mol. The number of carbonyl (C=O) groups excluding carboxylic acids is 1. The Hall–Kier alpha value is -1.67. The quantitative estimate of drug-likeness (QED) is 0.669. The monoisotopic (exact) mass is 302 g/mol. The highest BCUT2D eigenvalue weighted by Gasteiger charge is 2.20. The highest BCUT2D eigenvalue weighted by atomic mass is 32.1. The second-order valence-corrected chi connectivity index (χ2v) is 5.14. The topological polar surface area (TPSA) is 97.6 Å². The highest BCUT2D eigenvalue weighted by molar-refractivity contribution is 7.07. The van der Waals surface area contributed by atoms with Gasteiger partial charge in [0.05, 0.1) is 0 Å². The van der Waals surface area contributed by atoms with E-state index >= 15 is 0 Å². The third-order valence-electron chi connectivity index (χ3n) is 2.75. The van der Waals surface area contributed by atoms with Gasteiger partial charge in [0.25, 0.3) is 0 Å². The molecule has 1 aromatic rings. The van der Waals surface area contributed by atoms with Gasteiger partial charge in [-0.1, -0.05) is 11.3 Å². The summed E-state index contributed by atoms with van der Waals surface area (Å²) in [5.74, 6) is -1.58. The largest absolute Gasteiger partial charge is 0.480 e. The number of ether oxygens (including phenoxy) is 1. The minimum atomic E-state index is -1.09. The summed E-state index contributed by atoms with van der Waals surface area (Å²) in [6, 6.07) is -0.965. The molecule has 7 nitrogen and oxygen atoms in total. The van der Waals surface area contributed by atoms with E-state index in [1.807, 2.05) is 0 Å². The van der Waals surface area contributed by atoms with Crippen LogP contribution in [0.1, 0.15) is 18.5 Å². The number of nitrogens with one attached hydrogen (secondary N) is 1. The first-order chi connectivity index (χ1) is 9.45. The normalized spacial score (nSPS) is 12.1. The average Bonchev–Trinajstić information content (AvgIpc) is 2.69. The van der Waals surface area contributed by atoms with Gasteiger partial charge in [-0.2, -0.15) is 0 Å². The Labute approximate surface area is 120 Å². The first-order valence-electron chi connectivity index (χ1n) is 6.11. The van der Waals surface area contributed by atoms with E-state index in [4.69, 9.17) is 9.84 Å². The van der Waals surface area contributed by atoms with Gasteiger partial charge >= 0.3 is 10.8 Å². The van der Waals surface area contributed by atoms with Crippen LogP contribution in [-0.2, 0) is 20.9 Å². The second-order valence-electron chi connectivity index (χ2n) is 4.32. The fraction of sp³-hybridized carbons (Fsp3) is 0.583.